The fourth-order valence-corrected chi connectivity index (χ4v) is 2.75. The quantitative estimate of drug-likeness (QED) is 0.705. The molecule has 1 aromatic rings. The lowest BCUT2D eigenvalue weighted by atomic mass is 10.2. The fraction of sp³-hybridized carbons (Fsp3) is 0.500. The monoisotopic (exact) mass is 300 g/mol. The van der Waals surface area contributed by atoms with Crippen molar-refractivity contribution in [1.29, 1.82) is 0 Å². The predicted octanol–water partition coefficient (Wildman–Crippen LogP) is 1.90. The highest BCUT2D eigenvalue weighted by Crippen LogP contribution is 2.13. The molecule has 0 saturated carbocycles. The molecule has 1 N–H and O–H groups in total. The molecule has 0 aliphatic rings. The number of carbonyl (C=O) groups is 1. The third-order valence-electron chi connectivity index (χ3n) is 2.78. The van der Waals surface area contributed by atoms with Crippen molar-refractivity contribution in [2.75, 3.05) is 19.0 Å². The maximum absolute atomic E-state index is 12.0. The van der Waals surface area contributed by atoms with Gasteiger partial charge in [-0.3, -0.25) is 4.79 Å². The maximum atomic E-state index is 12.0. The average molecular weight is 300 g/mol. The van der Waals surface area contributed by atoms with E-state index in [1.54, 1.807) is 0 Å². The van der Waals surface area contributed by atoms with Gasteiger partial charge in [-0.25, -0.2) is 8.42 Å². The number of hydrogen-bond donors (Lipinski definition) is 1. The molecular formula is C14H20O5S. The number of rotatable bonds is 9. The van der Waals surface area contributed by atoms with E-state index >= 15 is 0 Å². The Labute approximate surface area is 119 Å². The maximum Gasteiger partial charge on any atom is 0.307 e. The van der Waals surface area contributed by atoms with Gasteiger partial charge in [0.15, 0.2) is 9.84 Å². The summed E-state index contributed by atoms with van der Waals surface area (Å²) < 4.78 is 29.3. The Bertz CT molecular complexity index is 519. The van der Waals surface area contributed by atoms with Crippen LogP contribution >= 0.6 is 0 Å². The number of sulfone groups is 1. The van der Waals surface area contributed by atoms with Crippen LogP contribution in [0.25, 0.3) is 0 Å². The highest BCUT2D eigenvalue weighted by atomic mass is 32.2. The minimum Gasteiger partial charge on any atom is -0.481 e. The van der Waals surface area contributed by atoms with Crippen LogP contribution in [0, 0.1) is 0 Å². The molecule has 1 aromatic carbocycles. The lowest BCUT2D eigenvalue weighted by molar-refractivity contribution is -0.136. The Balaban J connectivity index is 2.56. The molecule has 0 atom stereocenters. The summed E-state index contributed by atoms with van der Waals surface area (Å²) >= 11 is 0. The van der Waals surface area contributed by atoms with Crippen LogP contribution in [0.2, 0.25) is 0 Å². The Morgan fingerprint density at radius 3 is 2.40 bits per heavy atom. The molecule has 0 aliphatic carbocycles. The van der Waals surface area contributed by atoms with Crippen LogP contribution in [0.1, 0.15) is 25.3 Å². The summed E-state index contributed by atoms with van der Waals surface area (Å²) in [6.45, 7) is 2.79. The number of aliphatic carboxylic acids is 1. The summed E-state index contributed by atoms with van der Waals surface area (Å²) in [5.41, 5.74) is 0.579. The first-order chi connectivity index (χ1) is 9.45. The van der Waals surface area contributed by atoms with E-state index in [-0.39, 0.29) is 23.7 Å². The van der Waals surface area contributed by atoms with Crippen molar-refractivity contribution in [1.82, 2.24) is 0 Å². The highest BCUT2D eigenvalue weighted by molar-refractivity contribution is 7.91. The number of hydrogen-bond acceptors (Lipinski definition) is 4. The van der Waals surface area contributed by atoms with E-state index in [4.69, 9.17) is 9.84 Å². The minimum absolute atomic E-state index is 0.0605. The van der Waals surface area contributed by atoms with E-state index in [1.165, 1.54) is 24.3 Å². The van der Waals surface area contributed by atoms with Crippen molar-refractivity contribution in [3.63, 3.8) is 0 Å². The SMILES string of the molecule is CCCCOCCS(=O)(=O)c1ccc(CC(=O)O)cc1. The van der Waals surface area contributed by atoms with E-state index in [1.807, 2.05) is 6.92 Å². The summed E-state index contributed by atoms with van der Waals surface area (Å²) in [4.78, 5) is 10.7. The van der Waals surface area contributed by atoms with Crippen molar-refractivity contribution in [2.45, 2.75) is 31.1 Å². The van der Waals surface area contributed by atoms with E-state index in [0.29, 0.717) is 12.2 Å². The largest absolute Gasteiger partial charge is 0.481 e. The Morgan fingerprint density at radius 1 is 1.20 bits per heavy atom. The molecule has 1 rings (SSSR count). The molecule has 0 radical (unpaired) electrons. The van der Waals surface area contributed by atoms with Gasteiger partial charge in [0.25, 0.3) is 0 Å². The lowest BCUT2D eigenvalue weighted by Crippen LogP contribution is -2.13. The Kier molecular flexibility index (Phi) is 6.67. The van der Waals surface area contributed by atoms with Crippen molar-refractivity contribution >= 4 is 15.8 Å². The van der Waals surface area contributed by atoms with Crippen LogP contribution in [-0.2, 0) is 25.8 Å². The molecule has 0 amide bonds. The van der Waals surface area contributed by atoms with Gasteiger partial charge in [-0.1, -0.05) is 25.5 Å². The van der Waals surface area contributed by atoms with Crippen LogP contribution in [0.4, 0.5) is 0 Å². The van der Waals surface area contributed by atoms with Gasteiger partial charge in [-0.2, -0.15) is 0 Å². The molecule has 0 heterocycles. The van der Waals surface area contributed by atoms with Gasteiger partial charge >= 0.3 is 5.97 Å². The molecule has 0 fully saturated rings. The third kappa shape index (κ3) is 5.71. The summed E-state index contributed by atoms with van der Waals surface area (Å²) in [7, 11) is -3.37. The van der Waals surface area contributed by atoms with Gasteiger partial charge in [0.05, 0.1) is 23.7 Å². The second kappa shape index (κ2) is 8.01. The Hall–Kier alpha value is -1.40. The smallest absolute Gasteiger partial charge is 0.307 e. The summed E-state index contributed by atoms with van der Waals surface area (Å²) in [6, 6.07) is 5.94. The van der Waals surface area contributed by atoms with Crippen molar-refractivity contribution in [2.24, 2.45) is 0 Å². The molecule has 0 saturated heterocycles. The molecule has 112 valence electrons. The second-order valence-corrected chi connectivity index (χ2v) is 6.61. The van der Waals surface area contributed by atoms with Crippen molar-refractivity contribution in [3.05, 3.63) is 29.8 Å². The summed E-state index contributed by atoms with van der Waals surface area (Å²) in [6.07, 6.45) is 1.82. The molecule has 0 aromatic heterocycles. The minimum atomic E-state index is -3.37. The third-order valence-corrected chi connectivity index (χ3v) is 4.47. The molecule has 0 aliphatic heterocycles. The Morgan fingerprint density at radius 2 is 1.85 bits per heavy atom. The van der Waals surface area contributed by atoms with Crippen molar-refractivity contribution in [3.8, 4) is 0 Å². The lowest BCUT2D eigenvalue weighted by Gasteiger charge is -2.06. The van der Waals surface area contributed by atoms with Crippen LogP contribution in [0.3, 0.4) is 0 Å². The molecular weight excluding hydrogens is 280 g/mol. The molecule has 6 heteroatoms. The van der Waals surface area contributed by atoms with E-state index in [2.05, 4.69) is 0 Å². The van der Waals surface area contributed by atoms with Gasteiger partial charge in [0.1, 0.15) is 0 Å². The highest BCUT2D eigenvalue weighted by Gasteiger charge is 2.14. The zero-order valence-corrected chi connectivity index (χ0v) is 12.4. The first-order valence-corrected chi connectivity index (χ1v) is 8.22. The van der Waals surface area contributed by atoms with Gasteiger partial charge in [0.2, 0.25) is 0 Å². The topological polar surface area (TPSA) is 80.7 Å². The van der Waals surface area contributed by atoms with Gasteiger partial charge in [0, 0.05) is 6.61 Å². The first-order valence-electron chi connectivity index (χ1n) is 6.57. The van der Waals surface area contributed by atoms with E-state index in [0.717, 1.165) is 12.8 Å². The van der Waals surface area contributed by atoms with Gasteiger partial charge in [-0.05, 0) is 24.1 Å². The number of carboxylic acid groups (broad SMARTS) is 1. The molecule has 20 heavy (non-hydrogen) atoms. The number of carboxylic acids is 1. The molecule has 0 spiro atoms. The first kappa shape index (κ1) is 16.7. The van der Waals surface area contributed by atoms with E-state index in [9.17, 15) is 13.2 Å². The zero-order chi connectivity index (χ0) is 15.0. The predicted molar refractivity (Wildman–Crippen MR) is 75.6 cm³/mol. The second-order valence-electron chi connectivity index (χ2n) is 4.50. The normalized spacial score (nSPS) is 11.4. The number of benzene rings is 1. The standard InChI is InChI=1S/C14H20O5S/c1-2-3-8-19-9-10-20(17,18)13-6-4-12(5-7-13)11-14(15)16/h4-7H,2-3,8-11H2,1H3,(H,15,16). The fourth-order valence-electron chi connectivity index (χ4n) is 1.62. The van der Waals surface area contributed by atoms with Gasteiger partial charge in [-0.15, -0.1) is 0 Å². The molecule has 0 bridgehead atoms. The van der Waals surface area contributed by atoms with Gasteiger partial charge < -0.3 is 9.84 Å². The van der Waals surface area contributed by atoms with Crippen molar-refractivity contribution < 1.29 is 23.1 Å². The number of ether oxygens (including phenoxy) is 1. The van der Waals surface area contributed by atoms with Crippen LogP contribution in [0.15, 0.2) is 29.2 Å². The zero-order valence-electron chi connectivity index (χ0n) is 11.5. The average Bonchev–Trinajstić information content (AvgIpc) is 2.38. The summed E-state index contributed by atoms with van der Waals surface area (Å²) in [5.74, 6) is -1.00. The molecule has 5 nitrogen and oxygen atoms in total. The summed E-state index contributed by atoms with van der Waals surface area (Å²) in [5, 5.41) is 8.65. The molecule has 0 unspecified atom stereocenters. The van der Waals surface area contributed by atoms with E-state index < -0.39 is 15.8 Å². The van der Waals surface area contributed by atoms with Crippen LogP contribution in [0.5, 0.6) is 0 Å². The van der Waals surface area contributed by atoms with Crippen LogP contribution in [-0.4, -0.2) is 38.5 Å². The van der Waals surface area contributed by atoms with Crippen LogP contribution < -0.4 is 0 Å². The number of unbranched alkanes of at least 4 members (excludes halogenated alkanes) is 1.